The first kappa shape index (κ1) is 22.9. The molecule has 1 amide bonds. The number of nitrogens with one attached hydrogen (secondary N) is 1. The van der Waals surface area contributed by atoms with Crippen molar-refractivity contribution < 1.29 is 9.90 Å². The second kappa shape index (κ2) is 9.08. The minimum atomic E-state index is -0.654. The molecule has 4 aromatic rings. The number of hydrogen-bond donors (Lipinski definition) is 3. The molecule has 3 heterocycles. The number of rotatable bonds is 8. The Morgan fingerprint density at radius 1 is 1.26 bits per heavy atom. The normalized spacial score (nSPS) is 19.3. The van der Waals surface area contributed by atoms with Crippen LogP contribution in [0.4, 0.5) is 5.69 Å². The number of amides is 1. The van der Waals surface area contributed by atoms with Crippen molar-refractivity contribution in [2.75, 3.05) is 18.0 Å². The zero-order valence-electron chi connectivity index (χ0n) is 19.9. The Kier molecular flexibility index (Phi) is 6.13. The maximum atomic E-state index is 12.6. The molecule has 5 nitrogen and oxygen atoms in total. The number of H-pyrrole nitrogens is 1. The summed E-state index contributed by atoms with van der Waals surface area (Å²) in [5, 5.41) is 12.8. The topological polar surface area (TPSA) is 82.4 Å². The molecule has 0 bridgehead atoms. The summed E-state index contributed by atoms with van der Waals surface area (Å²) in [6.07, 6.45) is 6.96. The van der Waals surface area contributed by atoms with E-state index in [0.29, 0.717) is 11.4 Å². The van der Waals surface area contributed by atoms with Gasteiger partial charge >= 0.3 is 0 Å². The SMILES string of the molecule is CCCCC(Cc1c[nH]c2ccccc12)c1c(C(N)=O)sc2cc(N3CCC(C)(O)C3)ccc12. The summed E-state index contributed by atoms with van der Waals surface area (Å²) in [7, 11) is 0. The van der Waals surface area contributed by atoms with Crippen molar-refractivity contribution in [2.45, 2.75) is 57.5 Å². The fourth-order valence-corrected chi connectivity index (χ4v) is 6.60. The quantitative estimate of drug-likeness (QED) is 0.294. The van der Waals surface area contributed by atoms with Gasteiger partial charge in [-0.15, -0.1) is 11.3 Å². The number of primary amides is 1. The number of unbranched alkanes of at least 4 members (excludes halogenated alkanes) is 1. The number of nitrogens with two attached hydrogens (primary N) is 1. The summed E-state index contributed by atoms with van der Waals surface area (Å²) >= 11 is 1.51. The fourth-order valence-electron chi connectivity index (χ4n) is 5.42. The van der Waals surface area contributed by atoms with Crippen molar-refractivity contribution in [3.05, 3.63) is 64.7 Å². The molecule has 5 rings (SSSR count). The minimum absolute atomic E-state index is 0.216. The molecule has 2 aromatic heterocycles. The summed E-state index contributed by atoms with van der Waals surface area (Å²) in [5.41, 5.74) is 9.89. The van der Waals surface area contributed by atoms with Crippen LogP contribution in [-0.2, 0) is 6.42 Å². The maximum absolute atomic E-state index is 12.6. The first-order valence-electron chi connectivity index (χ1n) is 12.2. The average molecular weight is 476 g/mol. The zero-order valence-corrected chi connectivity index (χ0v) is 20.8. The third kappa shape index (κ3) is 4.32. The zero-order chi connectivity index (χ0) is 23.9. The third-order valence-electron chi connectivity index (χ3n) is 7.21. The van der Waals surface area contributed by atoms with E-state index in [0.717, 1.165) is 65.5 Å². The molecule has 1 aliphatic rings. The Balaban J connectivity index is 1.56. The predicted molar refractivity (Wildman–Crippen MR) is 142 cm³/mol. The number of fused-ring (bicyclic) bond motifs is 2. The van der Waals surface area contributed by atoms with E-state index >= 15 is 0 Å². The van der Waals surface area contributed by atoms with E-state index in [1.54, 1.807) is 0 Å². The first-order valence-corrected chi connectivity index (χ1v) is 13.1. The average Bonchev–Trinajstić information content (AvgIpc) is 3.51. The van der Waals surface area contributed by atoms with E-state index in [9.17, 15) is 9.90 Å². The minimum Gasteiger partial charge on any atom is -0.388 e. The predicted octanol–water partition coefficient (Wildman–Crippen LogP) is 5.96. The molecule has 4 N–H and O–H groups in total. The number of nitrogens with zero attached hydrogens (tertiary/aromatic N) is 1. The third-order valence-corrected chi connectivity index (χ3v) is 8.39. The summed E-state index contributed by atoms with van der Waals surface area (Å²) in [6, 6.07) is 14.8. The molecule has 2 unspecified atom stereocenters. The van der Waals surface area contributed by atoms with Crippen LogP contribution in [0.25, 0.3) is 21.0 Å². The van der Waals surface area contributed by atoms with Gasteiger partial charge in [-0.05, 0) is 66.8 Å². The van der Waals surface area contributed by atoms with Crippen LogP contribution < -0.4 is 10.6 Å². The molecule has 0 radical (unpaired) electrons. The van der Waals surface area contributed by atoms with Crippen LogP contribution in [0.3, 0.4) is 0 Å². The molecule has 34 heavy (non-hydrogen) atoms. The highest BCUT2D eigenvalue weighted by molar-refractivity contribution is 7.21. The molecular weight excluding hydrogens is 442 g/mol. The van der Waals surface area contributed by atoms with Crippen LogP contribution in [0.2, 0.25) is 0 Å². The van der Waals surface area contributed by atoms with Crippen molar-refractivity contribution in [3.63, 3.8) is 0 Å². The van der Waals surface area contributed by atoms with Gasteiger partial charge in [-0.1, -0.05) is 44.0 Å². The Bertz CT molecular complexity index is 1340. The molecule has 2 aromatic carbocycles. The molecule has 178 valence electrons. The Hall–Kier alpha value is -2.83. The number of aliphatic hydroxyl groups is 1. The molecule has 0 aliphatic carbocycles. The number of benzene rings is 2. The smallest absolute Gasteiger partial charge is 0.259 e. The number of carbonyl (C=O) groups excluding carboxylic acids is 1. The van der Waals surface area contributed by atoms with Crippen LogP contribution in [0.5, 0.6) is 0 Å². The van der Waals surface area contributed by atoms with E-state index in [-0.39, 0.29) is 11.8 Å². The van der Waals surface area contributed by atoms with E-state index in [1.807, 2.05) is 13.0 Å². The van der Waals surface area contributed by atoms with Gasteiger partial charge in [-0.2, -0.15) is 0 Å². The molecule has 1 fully saturated rings. The number of carbonyl (C=O) groups is 1. The number of β-amino-alcohol motifs (C(OH)–C–C–N with tert-alkyl or cyclic N) is 1. The lowest BCUT2D eigenvalue weighted by atomic mass is 9.86. The van der Waals surface area contributed by atoms with Crippen LogP contribution >= 0.6 is 11.3 Å². The first-order chi connectivity index (χ1) is 16.4. The number of aromatic amines is 1. The highest BCUT2D eigenvalue weighted by atomic mass is 32.1. The summed E-state index contributed by atoms with van der Waals surface area (Å²) < 4.78 is 1.09. The largest absolute Gasteiger partial charge is 0.388 e. The van der Waals surface area contributed by atoms with Gasteiger partial charge in [-0.3, -0.25) is 4.79 Å². The molecule has 6 heteroatoms. The van der Waals surface area contributed by atoms with Crippen molar-refractivity contribution in [1.82, 2.24) is 4.98 Å². The van der Waals surface area contributed by atoms with Gasteiger partial charge in [0.05, 0.1) is 10.5 Å². The van der Waals surface area contributed by atoms with E-state index in [4.69, 9.17) is 5.73 Å². The van der Waals surface area contributed by atoms with Crippen molar-refractivity contribution in [1.29, 1.82) is 0 Å². The van der Waals surface area contributed by atoms with Gasteiger partial charge in [0.25, 0.3) is 5.91 Å². The van der Waals surface area contributed by atoms with Crippen LogP contribution in [0, 0.1) is 0 Å². The van der Waals surface area contributed by atoms with Crippen LogP contribution in [0.1, 0.15) is 66.2 Å². The Morgan fingerprint density at radius 3 is 2.82 bits per heavy atom. The highest BCUT2D eigenvalue weighted by Crippen LogP contribution is 2.42. The van der Waals surface area contributed by atoms with Gasteiger partial charge in [0.1, 0.15) is 0 Å². The number of hydrogen-bond acceptors (Lipinski definition) is 4. The molecule has 1 aliphatic heterocycles. The van der Waals surface area contributed by atoms with Gasteiger partial charge in [0.2, 0.25) is 0 Å². The molecule has 1 saturated heterocycles. The lowest BCUT2D eigenvalue weighted by Gasteiger charge is -2.21. The van der Waals surface area contributed by atoms with Crippen molar-refractivity contribution >= 4 is 43.9 Å². The van der Waals surface area contributed by atoms with Gasteiger partial charge in [0.15, 0.2) is 0 Å². The second-order valence-corrected chi connectivity index (χ2v) is 11.0. The van der Waals surface area contributed by atoms with Gasteiger partial charge in [-0.25, -0.2) is 0 Å². The monoisotopic (exact) mass is 475 g/mol. The van der Waals surface area contributed by atoms with E-state index < -0.39 is 5.60 Å². The molecule has 0 spiro atoms. The highest BCUT2D eigenvalue weighted by Gasteiger charge is 2.32. The van der Waals surface area contributed by atoms with Gasteiger partial charge in [0, 0.05) is 40.6 Å². The van der Waals surface area contributed by atoms with E-state index in [2.05, 4.69) is 59.4 Å². The Morgan fingerprint density at radius 2 is 2.09 bits per heavy atom. The number of anilines is 1. The van der Waals surface area contributed by atoms with Crippen LogP contribution in [-0.4, -0.2) is 34.7 Å². The number of para-hydroxylation sites is 1. The van der Waals surface area contributed by atoms with Crippen LogP contribution in [0.15, 0.2) is 48.7 Å². The number of thiophene rings is 1. The molecular formula is C28H33N3O2S. The van der Waals surface area contributed by atoms with Gasteiger partial charge < -0.3 is 20.7 Å². The van der Waals surface area contributed by atoms with Crippen molar-refractivity contribution in [3.8, 4) is 0 Å². The summed E-state index contributed by atoms with van der Waals surface area (Å²) in [6.45, 7) is 5.56. The Labute approximate surface area is 204 Å². The summed E-state index contributed by atoms with van der Waals surface area (Å²) in [5.74, 6) is -0.129. The van der Waals surface area contributed by atoms with Crippen molar-refractivity contribution in [2.24, 2.45) is 5.73 Å². The fraction of sp³-hybridized carbons (Fsp3) is 0.393. The molecule has 0 saturated carbocycles. The standard InChI is InChI=1S/C28H33N3O2S/c1-3-4-7-18(14-19-16-30-23-9-6-5-8-21(19)23)25-22-11-10-20(31-13-12-28(2,33)17-31)15-24(22)34-26(25)27(29)32/h5-6,8-11,15-16,18,30,33H,3-4,7,12-14,17H2,1-2H3,(H2,29,32). The second-order valence-electron chi connectivity index (χ2n) is 9.96. The summed E-state index contributed by atoms with van der Waals surface area (Å²) in [4.78, 5) is 18.9. The lowest BCUT2D eigenvalue weighted by Crippen LogP contribution is -2.29. The number of aromatic nitrogens is 1. The lowest BCUT2D eigenvalue weighted by molar-refractivity contribution is 0.0839. The molecule has 2 atom stereocenters. The van der Waals surface area contributed by atoms with E-state index in [1.165, 1.54) is 22.3 Å². The maximum Gasteiger partial charge on any atom is 0.259 e.